The van der Waals surface area contributed by atoms with E-state index in [1.54, 1.807) is 12.3 Å². The highest BCUT2D eigenvalue weighted by atomic mass is 79.9. The Kier molecular flexibility index (Phi) is 3.13. The van der Waals surface area contributed by atoms with Crippen LogP contribution in [-0.4, -0.2) is 10.8 Å². The summed E-state index contributed by atoms with van der Waals surface area (Å²) in [5, 5.41) is 0.880. The third kappa shape index (κ3) is 2.17. The molecule has 3 rings (SSSR count). The summed E-state index contributed by atoms with van der Waals surface area (Å²) in [5.41, 5.74) is 2.18. The molecule has 0 saturated heterocycles. The Hall–Kier alpha value is -2.00. The van der Waals surface area contributed by atoms with Crippen LogP contribution in [0.4, 0.5) is 0 Å². The van der Waals surface area contributed by atoms with Gasteiger partial charge in [-0.1, -0.05) is 46.3 Å². The third-order valence-corrected chi connectivity index (χ3v) is 3.70. The van der Waals surface area contributed by atoms with Gasteiger partial charge in [-0.3, -0.25) is 9.78 Å². The molecule has 0 fully saturated rings. The van der Waals surface area contributed by atoms with E-state index < -0.39 is 0 Å². The zero-order chi connectivity index (χ0) is 13.2. The molecule has 0 radical (unpaired) electrons. The molecular formula is C16H10BrNO. The van der Waals surface area contributed by atoms with Crippen LogP contribution in [-0.2, 0) is 0 Å². The van der Waals surface area contributed by atoms with Crippen molar-refractivity contribution >= 4 is 32.6 Å². The summed E-state index contributed by atoms with van der Waals surface area (Å²) in [6.45, 7) is 0. The van der Waals surface area contributed by atoms with E-state index in [0.717, 1.165) is 15.4 Å². The highest BCUT2D eigenvalue weighted by molar-refractivity contribution is 9.10. The lowest BCUT2D eigenvalue weighted by Gasteiger charge is -2.06. The smallest absolute Gasteiger partial charge is 0.194 e. The molecule has 0 N–H and O–H groups in total. The average Bonchev–Trinajstić information content (AvgIpc) is 2.46. The Labute approximate surface area is 119 Å². The van der Waals surface area contributed by atoms with Crippen molar-refractivity contribution in [2.75, 3.05) is 0 Å². The first-order chi connectivity index (χ1) is 9.27. The number of pyridine rings is 1. The van der Waals surface area contributed by atoms with Gasteiger partial charge in [0.2, 0.25) is 0 Å². The number of hydrogen-bond acceptors (Lipinski definition) is 2. The third-order valence-electron chi connectivity index (χ3n) is 3.01. The van der Waals surface area contributed by atoms with Crippen LogP contribution in [0.5, 0.6) is 0 Å². The summed E-state index contributed by atoms with van der Waals surface area (Å²) in [5.74, 6) is 0.00563. The number of ketones is 1. The molecule has 92 valence electrons. The quantitative estimate of drug-likeness (QED) is 0.663. The predicted molar refractivity (Wildman–Crippen MR) is 79.3 cm³/mol. The van der Waals surface area contributed by atoms with Crippen LogP contribution in [0.1, 0.15) is 15.9 Å². The summed E-state index contributed by atoms with van der Waals surface area (Å²) in [4.78, 5) is 16.9. The lowest BCUT2D eigenvalue weighted by atomic mass is 10.00. The van der Waals surface area contributed by atoms with Crippen LogP contribution in [0.3, 0.4) is 0 Å². The summed E-state index contributed by atoms with van der Waals surface area (Å²) < 4.78 is 0.806. The van der Waals surface area contributed by atoms with Gasteiger partial charge in [0.05, 0.1) is 5.52 Å². The normalized spacial score (nSPS) is 10.6. The standard InChI is InChI=1S/C16H10BrNO/c17-14-7-3-1-6-13(14)16(19)12-9-10-18-15-8-4-2-5-11(12)15/h1-10H. The van der Waals surface area contributed by atoms with Gasteiger partial charge in [0.15, 0.2) is 5.78 Å². The summed E-state index contributed by atoms with van der Waals surface area (Å²) >= 11 is 3.42. The molecule has 0 saturated carbocycles. The second-order valence-corrected chi connectivity index (χ2v) is 5.04. The van der Waals surface area contributed by atoms with Crippen LogP contribution < -0.4 is 0 Å². The molecular weight excluding hydrogens is 302 g/mol. The Morgan fingerprint density at radius 3 is 2.47 bits per heavy atom. The highest BCUT2D eigenvalue weighted by Crippen LogP contribution is 2.23. The first kappa shape index (κ1) is 12.1. The van der Waals surface area contributed by atoms with Crippen molar-refractivity contribution in [3.63, 3.8) is 0 Å². The topological polar surface area (TPSA) is 30.0 Å². The Morgan fingerprint density at radius 2 is 1.63 bits per heavy atom. The Morgan fingerprint density at radius 1 is 0.895 bits per heavy atom. The first-order valence-corrected chi connectivity index (χ1v) is 6.69. The number of benzene rings is 2. The molecule has 0 aliphatic carbocycles. The molecule has 3 aromatic rings. The van der Waals surface area contributed by atoms with E-state index in [9.17, 15) is 4.79 Å². The molecule has 1 aromatic heterocycles. The van der Waals surface area contributed by atoms with Crippen LogP contribution in [0, 0.1) is 0 Å². The van der Waals surface area contributed by atoms with Gasteiger partial charge in [0, 0.05) is 27.2 Å². The fraction of sp³-hybridized carbons (Fsp3) is 0. The molecule has 19 heavy (non-hydrogen) atoms. The molecule has 0 aliphatic rings. The van der Waals surface area contributed by atoms with Crippen molar-refractivity contribution in [2.24, 2.45) is 0 Å². The van der Waals surface area contributed by atoms with E-state index in [2.05, 4.69) is 20.9 Å². The largest absolute Gasteiger partial charge is 0.289 e. The van der Waals surface area contributed by atoms with E-state index in [1.165, 1.54) is 0 Å². The average molecular weight is 312 g/mol. The second kappa shape index (κ2) is 4.94. The zero-order valence-corrected chi connectivity index (χ0v) is 11.6. The maximum Gasteiger partial charge on any atom is 0.194 e. The van der Waals surface area contributed by atoms with Crippen LogP contribution in [0.2, 0.25) is 0 Å². The summed E-state index contributed by atoms with van der Waals surface area (Å²) in [6.07, 6.45) is 1.67. The number of rotatable bonds is 2. The summed E-state index contributed by atoms with van der Waals surface area (Å²) in [6, 6.07) is 16.9. The Bertz CT molecular complexity index is 762. The van der Waals surface area contributed by atoms with E-state index in [-0.39, 0.29) is 5.78 Å². The van der Waals surface area contributed by atoms with Crippen LogP contribution >= 0.6 is 15.9 Å². The minimum absolute atomic E-state index is 0.00563. The number of fused-ring (bicyclic) bond motifs is 1. The number of nitrogens with zero attached hydrogens (tertiary/aromatic N) is 1. The molecule has 2 aromatic carbocycles. The maximum atomic E-state index is 12.6. The lowest BCUT2D eigenvalue weighted by molar-refractivity contribution is 0.103. The highest BCUT2D eigenvalue weighted by Gasteiger charge is 2.14. The van der Waals surface area contributed by atoms with Gasteiger partial charge in [-0.05, 0) is 24.3 Å². The van der Waals surface area contributed by atoms with Crippen LogP contribution in [0.15, 0.2) is 65.3 Å². The van der Waals surface area contributed by atoms with Gasteiger partial charge in [0.25, 0.3) is 0 Å². The van der Waals surface area contributed by atoms with Gasteiger partial charge in [-0.2, -0.15) is 0 Å². The molecule has 1 heterocycles. The van der Waals surface area contributed by atoms with Gasteiger partial charge in [-0.15, -0.1) is 0 Å². The molecule has 0 bridgehead atoms. The van der Waals surface area contributed by atoms with Gasteiger partial charge in [-0.25, -0.2) is 0 Å². The SMILES string of the molecule is O=C(c1ccccc1Br)c1ccnc2ccccc12. The fourth-order valence-electron chi connectivity index (χ4n) is 2.08. The van der Waals surface area contributed by atoms with Crippen molar-refractivity contribution in [1.82, 2.24) is 4.98 Å². The van der Waals surface area contributed by atoms with Crippen molar-refractivity contribution in [3.8, 4) is 0 Å². The molecule has 3 heteroatoms. The zero-order valence-electron chi connectivity index (χ0n) is 10.0. The number of carbonyl (C=O) groups is 1. The number of hydrogen-bond donors (Lipinski definition) is 0. The molecule has 0 unspecified atom stereocenters. The van der Waals surface area contributed by atoms with Gasteiger partial charge in [0.1, 0.15) is 0 Å². The van der Waals surface area contributed by atoms with Crippen molar-refractivity contribution < 1.29 is 4.79 Å². The molecule has 0 atom stereocenters. The van der Waals surface area contributed by atoms with Crippen LogP contribution in [0.25, 0.3) is 10.9 Å². The molecule has 0 spiro atoms. The number of halogens is 1. The number of para-hydroxylation sites is 1. The fourth-order valence-corrected chi connectivity index (χ4v) is 2.55. The molecule has 0 amide bonds. The monoisotopic (exact) mass is 311 g/mol. The van der Waals surface area contributed by atoms with Crippen molar-refractivity contribution in [2.45, 2.75) is 0 Å². The molecule has 0 aliphatic heterocycles. The first-order valence-electron chi connectivity index (χ1n) is 5.90. The minimum atomic E-state index is 0.00563. The van der Waals surface area contributed by atoms with Gasteiger partial charge >= 0.3 is 0 Å². The summed E-state index contributed by atoms with van der Waals surface area (Å²) in [7, 11) is 0. The minimum Gasteiger partial charge on any atom is -0.289 e. The van der Waals surface area contributed by atoms with E-state index >= 15 is 0 Å². The van der Waals surface area contributed by atoms with E-state index in [0.29, 0.717) is 11.1 Å². The number of aromatic nitrogens is 1. The van der Waals surface area contributed by atoms with E-state index in [1.807, 2.05) is 48.5 Å². The lowest BCUT2D eigenvalue weighted by Crippen LogP contribution is -2.03. The van der Waals surface area contributed by atoms with Crippen molar-refractivity contribution in [3.05, 3.63) is 76.4 Å². The maximum absolute atomic E-state index is 12.6. The van der Waals surface area contributed by atoms with Gasteiger partial charge < -0.3 is 0 Å². The van der Waals surface area contributed by atoms with E-state index in [4.69, 9.17) is 0 Å². The predicted octanol–water partition coefficient (Wildman–Crippen LogP) is 4.23. The Balaban J connectivity index is 2.20. The molecule has 2 nitrogen and oxygen atoms in total. The van der Waals surface area contributed by atoms with Crippen molar-refractivity contribution in [1.29, 1.82) is 0 Å². The second-order valence-electron chi connectivity index (χ2n) is 4.18. The number of carbonyl (C=O) groups excluding carboxylic acids is 1.